The normalized spacial score (nSPS) is 11.9. The van der Waals surface area contributed by atoms with Crippen LogP contribution in [-0.2, 0) is 13.1 Å². The summed E-state index contributed by atoms with van der Waals surface area (Å²) in [6, 6.07) is 11.0. The van der Waals surface area contributed by atoms with Crippen molar-refractivity contribution < 1.29 is 14.3 Å². The maximum absolute atomic E-state index is 12.5. The third-order valence-corrected chi connectivity index (χ3v) is 4.18. The molecule has 0 saturated heterocycles. The number of benzene rings is 1. The van der Waals surface area contributed by atoms with Crippen molar-refractivity contribution in [1.82, 2.24) is 20.3 Å². The largest absolute Gasteiger partial charge is 0.454 e. The lowest BCUT2D eigenvalue weighted by atomic mass is 10.2. The number of rotatable bonds is 6. The number of pyridine rings is 1. The van der Waals surface area contributed by atoms with Gasteiger partial charge in [-0.05, 0) is 48.4 Å². The van der Waals surface area contributed by atoms with E-state index in [1.54, 1.807) is 18.5 Å². The molecular formula is C20H19N5O3. The SMILES string of the molecule is Cc1cc(C(=O)NCc2ccc3c(c2)OCO3)nc(NCc2ccncc2)n1. The monoisotopic (exact) mass is 377 g/mol. The fourth-order valence-electron chi connectivity index (χ4n) is 2.77. The number of amides is 1. The third-order valence-electron chi connectivity index (χ3n) is 4.18. The second-order valence-corrected chi connectivity index (χ2v) is 6.30. The van der Waals surface area contributed by atoms with Crippen molar-refractivity contribution >= 4 is 11.9 Å². The zero-order valence-corrected chi connectivity index (χ0v) is 15.3. The lowest BCUT2D eigenvalue weighted by Gasteiger charge is -2.09. The van der Waals surface area contributed by atoms with Gasteiger partial charge in [-0.1, -0.05) is 6.07 Å². The molecule has 0 radical (unpaired) electrons. The Balaban J connectivity index is 1.40. The average molecular weight is 377 g/mol. The Labute approximate surface area is 162 Å². The van der Waals surface area contributed by atoms with Gasteiger partial charge in [0.05, 0.1) is 0 Å². The molecule has 1 aliphatic heterocycles. The third kappa shape index (κ3) is 4.17. The number of nitrogens with zero attached hydrogens (tertiary/aromatic N) is 3. The topological polar surface area (TPSA) is 98.3 Å². The van der Waals surface area contributed by atoms with Gasteiger partial charge in [0, 0.05) is 31.2 Å². The van der Waals surface area contributed by atoms with Crippen LogP contribution in [-0.4, -0.2) is 27.7 Å². The minimum Gasteiger partial charge on any atom is -0.454 e. The van der Waals surface area contributed by atoms with E-state index in [0.29, 0.717) is 41.9 Å². The van der Waals surface area contributed by atoms with E-state index in [-0.39, 0.29) is 12.7 Å². The van der Waals surface area contributed by atoms with E-state index in [2.05, 4.69) is 25.6 Å². The van der Waals surface area contributed by atoms with Gasteiger partial charge in [-0.3, -0.25) is 9.78 Å². The number of hydrogen-bond acceptors (Lipinski definition) is 7. The number of anilines is 1. The number of carbonyl (C=O) groups is 1. The molecule has 0 unspecified atom stereocenters. The minimum absolute atomic E-state index is 0.223. The highest BCUT2D eigenvalue weighted by Gasteiger charge is 2.14. The number of aromatic nitrogens is 3. The summed E-state index contributed by atoms with van der Waals surface area (Å²) in [6.07, 6.45) is 3.45. The van der Waals surface area contributed by atoms with Crippen LogP contribution in [0.25, 0.3) is 0 Å². The molecule has 4 rings (SSSR count). The van der Waals surface area contributed by atoms with Crippen LogP contribution in [0.15, 0.2) is 48.8 Å². The van der Waals surface area contributed by atoms with Gasteiger partial charge >= 0.3 is 0 Å². The maximum Gasteiger partial charge on any atom is 0.270 e. The summed E-state index contributed by atoms with van der Waals surface area (Å²) in [5.74, 6) is 1.54. The molecule has 3 aromatic rings. The highest BCUT2D eigenvalue weighted by molar-refractivity contribution is 5.92. The van der Waals surface area contributed by atoms with Crippen LogP contribution >= 0.6 is 0 Å². The standard InChI is InChI=1S/C20H19N5O3/c1-13-8-16(25-20(24-13)23-10-14-4-6-21-7-5-14)19(26)22-11-15-2-3-17-18(9-15)28-12-27-17/h2-9H,10-12H2,1H3,(H,22,26)(H,23,24,25). The number of fused-ring (bicyclic) bond motifs is 1. The molecule has 0 fully saturated rings. The van der Waals surface area contributed by atoms with E-state index in [1.165, 1.54) is 0 Å². The second-order valence-electron chi connectivity index (χ2n) is 6.30. The number of ether oxygens (including phenoxy) is 2. The molecule has 1 amide bonds. The zero-order valence-electron chi connectivity index (χ0n) is 15.3. The molecule has 8 nitrogen and oxygen atoms in total. The Morgan fingerprint density at radius 1 is 1.00 bits per heavy atom. The van der Waals surface area contributed by atoms with Gasteiger partial charge in [0.2, 0.25) is 12.7 Å². The summed E-state index contributed by atoms with van der Waals surface area (Å²) in [7, 11) is 0. The van der Waals surface area contributed by atoms with Crippen LogP contribution in [0.1, 0.15) is 27.3 Å². The number of hydrogen-bond donors (Lipinski definition) is 2. The van der Waals surface area contributed by atoms with Gasteiger partial charge in [-0.2, -0.15) is 0 Å². The Morgan fingerprint density at radius 2 is 1.82 bits per heavy atom. The number of carbonyl (C=O) groups excluding carboxylic acids is 1. The van der Waals surface area contributed by atoms with E-state index in [9.17, 15) is 4.79 Å². The summed E-state index contributed by atoms with van der Waals surface area (Å²) in [5.41, 5.74) is 2.99. The predicted octanol–water partition coefficient (Wildman–Crippen LogP) is 2.45. The minimum atomic E-state index is -0.268. The van der Waals surface area contributed by atoms with Gasteiger partial charge in [-0.25, -0.2) is 9.97 Å². The van der Waals surface area contributed by atoms with Gasteiger partial charge in [0.15, 0.2) is 11.5 Å². The van der Waals surface area contributed by atoms with E-state index < -0.39 is 0 Å². The Hall–Kier alpha value is -3.68. The molecule has 0 saturated carbocycles. The molecule has 1 aromatic carbocycles. The van der Waals surface area contributed by atoms with Crippen LogP contribution in [0.2, 0.25) is 0 Å². The fraction of sp³-hybridized carbons (Fsp3) is 0.200. The van der Waals surface area contributed by atoms with Crippen LogP contribution in [0.3, 0.4) is 0 Å². The first kappa shape index (κ1) is 17.7. The van der Waals surface area contributed by atoms with Crippen LogP contribution in [0.5, 0.6) is 11.5 Å². The summed E-state index contributed by atoms with van der Waals surface area (Å²) in [5, 5.41) is 6.01. The lowest BCUT2D eigenvalue weighted by Crippen LogP contribution is -2.24. The maximum atomic E-state index is 12.5. The Bertz CT molecular complexity index is 994. The van der Waals surface area contributed by atoms with Gasteiger partial charge in [0.25, 0.3) is 5.91 Å². The van der Waals surface area contributed by atoms with E-state index >= 15 is 0 Å². The molecule has 0 bridgehead atoms. The number of nitrogens with one attached hydrogen (secondary N) is 2. The van der Waals surface area contributed by atoms with Crippen molar-refractivity contribution in [2.45, 2.75) is 20.0 Å². The van der Waals surface area contributed by atoms with Crippen LogP contribution in [0.4, 0.5) is 5.95 Å². The molecule has 2 N–H and O–H groups in total. The molecule has 8 heteroatoms. The summed E-state index contributed by atoms with van der Waals surface area (Å²) in [6.45, 7) is 2.96. The van der Waals surface area contributed by atoms with Gasteiger partial charge in [0.1, 0.15) is 5.69 Å². The second kappa shape index (κ2) is 7.91. The molecule has 0 spiro atoms. The summed E-state index contributed by atoms with van der Waals surface area (Å²) >= 11 is 0. The first-order chi connectivity index (χ1) is 13.7. The quantitative estimate of drug-likeness (QED) is 0.681. The van der Waals surface area contributed by atoms with Crippen molar-refractivity contribution in [1.29, 1.82) is 0 Å². The first-order valence-electron chi connectivity index (χ1n) is 8.82. The molecule has 28 heavy (non-hydrogen) atoms. The van der Waals surface area contributed by atoms with E-state index in [0.717, 1.165) is 11.1 Å². The van der Waals surface area contributed by atoms with Crippen molar-refractivity contribution in [3.63, 3.8) is 0 Å². The van der Waals surface area contributed by atoms with Gasteiger partial charge < -0.3 is 20.1 Å². The van der Waals surface area contributed by atoms with Crippen LogP contribution < -0.4 is 20.1 Å². The fourth-order valence-corrected chi connectivity index (χ4v) is 2.77. The Morgan fingerprint density at radius 3 is 2.68 bits per heavy atom. The van der Waals surface area contributed by atoms with Crippen molar-refractivity contribution in [2.75, 3.05) is 12.1 Å². The molecule has 2 aromatic heterocycles. The van der Waals surface area contributed by atoms with Gasteiger partial charge in [-0.15, -0.1) is 0 Å². The lowest BCUT2D eigenvalue weighted by molar-refractivity contribution is 0.0945. The molecule has 0 atom stereocenters. The zero-order chi connectivity index (χ0) is 19.3. The van der Waals surface area contributed by atoms with E-state index in [1.807, 2.05) is 37.3 Å². The summed E-state index contributed by atoms with van der Waals surface area (Å²) in [4.78, 5) is 25.2. The van der Waals surface area contributed by atoms with Crippen molar-refractivity contribution in [2.24, 2.45) is 0 Å². The highest BCUT2D eigenvalue weighted by Crippen LogP contribution is 2.32. The van der Waals surface area contributed by atoms with Crippen molar-refractivity contribution in [3.05, 3.63) is 71.3 Å². The molecular weight excluding hydrogens is 358 g/mol. The highest BCUT2D eigenvalue weighted by atomic mass is 16.7. The average Bonchev–Trinajstić information content (AvgIpc) is 3.19. The summed E-state index contributed by atoms with van der Waals surface area (Å²) < 4.78 is 10.7. The van der Waals surface area contributed by atoms with Crippen molar-refractivity contribution in [3.8, 4) is 11.5 Å². The molecule has 0 aliphatic carbocycles. The predicted molar refractivity (Wildman–Crippen MR) is 102 cm³/mol. The molecule has 1 aliphatic rings. The first-order valence-corrected chi connectivity index (χ1v) is 8.82. The number of aryl methyl sites for hydroxylation is 1. The Kier molecular flexibility index (Phi) is 5.01. The van der Waals surface area contributed by atoms with Crippen LogP contribution in [0, 0.1) is 6.92 Å². The van der Waals surface area contributed by atoms with E-state index in [4.69, 9.17) is 9.47 Å². The smallest absolute Gasteiger partial charge is 0.270 e. The molecule has 3 heterocycles. The molecule has 142 valence electrons.